The number of hydrogen-bond acceptors (Lipinski definition) is 7. The zero-order valence-electron chi connectivity index (χ0n) is 13.2. The van der Waals surface area contributed by atoms with Gasteiger partial charge in [0.05, 0.1) is 17.4 Å². The second kappa shape index (κ2) is 7.58. The molecule has 0 unspecified atom stereocenters. The van der Waals surface area contributed by atoms with Gasteiger partial charge in [0.2, 0.25) is 0 Å². The second-order valence-corrected chi connectivity index (χ2v) is 7.93. The minimum absolute atomic E-state index is 0.0877. The largest absolute Gasteiger partial charge is 0.419 e. The van der Waals surface area contributed by atoms with E-state index in [1.54, 1.807) is 6.92 Å². The van der Waals surface area contributed by atoms with E-state index in [0.29, 0.717) is 28.1 Å². The van der Waals surface area contributed by atoms with E-state index >= 15 is 0 Å². The van der Waals surface area contributed by atoms with Crippen molar-refractivity contribution in [3.8, 4) is 0 Å². The van der Waals surface area contributed by atoms with Crippen LogP contribution in [-0.2, 0) is 6.18 Å². The fourth-order valence-corrected chi connectivity index (χ4v) is 3.95. The van der Waals surface area contributed by atoms with Gasteiger partial charge in [-0.15, -0.1) is 11.3 Å². The fraction of sp³-hybridized carbons (Fsp3) is 0.143. The van der Waals surface area contributed by atoms with E-state index < -0.39 is 23.3 Å². The topological polar surface area (TPSA) is 79.8 Å². The molecular formula is C14H8Cl2F3N5OS2. The van der Waals surface area contributed by atoms with E-state index in [1.165, 1.54) is 12.3 Å². The van der Waals surface area contributed by atoms with E-state index in [1.807, 2.05) is 0 Å². The van der Waals surface area contributed by atoms with Crippen LogP contribution >= 0.6 is 45.9 Å². The molecule has 0 fully saturated rings. The number of hydrogen-bond donors (Lipinski definition) is 2. The number of alkyl halides is 3. The molecule has 0 spiro atoms. The first-order valence-corrected chi connectivity index (χ1v) is 9.48. The third-order valence-corrected chi connectivity index (χ3v) is 5.39. The van der Waals surface area contributed by atoms with Gasteiger partial charge < -0.3 is 10.6 Å². The lowest BCUT2D eigenvalue weighted by atomic mass is 10.3. The van der Waals surface area contributed by atoms with Gasteiger partial charge in [-0.25, -0.2) is 15.0 Å². The number of aromatic nitrogens is 3. The van der Waals surface area contributed by atoms with Gasteiger partial charge in [0.15, 0.2) is 5.13 Å². The molecule has 0 aliphatic carbocycles. The van der Waals surface area contributed by atoms with Gasteiger partial charge in [0, 0.05) is 11.4 Å². The number of amides is 1. The van der Waals surface area contributed by atoms with Crippen molar-refractivity contribution in [3.63, 3.8) is 0 Å². The summed E-state index contributed by atoms with van der Waals surface area (Å²) < 4.78 is 38.8. The van der Waals surface area contributed by atoms with Gasteiger partial charge in [-0.05, 0) is 6.92 Å². The van der Waals surface area contributed by atoms with Crippen molar-refractivity contribution >= 4 is 68.4 Å². The summed E-state index contributed by atoms with van der Waals surface area (Å²) in [5.74, 6) is 0.0450. The summed E-state index contributed by atoms with van der Waals surface area (Å²) in [5.41, 5.74) is -1.47. The van der Waals surface area contributed by atoms with Gasteiger partial charge in [-0.1, -0.05) is 34.5 Å². The minimum Gasteiger partial charge on any atom is -0.319 e. The van der Waals surface area contributed by atoms with Crippen molar-refractivity contribution in [2.24, 2.45) is 0 Å². The molecule has 0 bridgehead atoms. The van der Waals surface area contributed by atoms with Crippen molar-refractivity contribution < 1.29 is 18.0 Å². The van der Waals surface area contributed by atoms with Crippen LogP contribution in [0.2, 0.25) is 9.49 Å². The predicted molar refractivity (Wildman–Crippen MR) is 99.5 cm³/mol. The van der Waals surface area contributed by atoms with E-state index in [4.69, 9.17) is 23.2 Å². The first-order chi connectivity index (χ1) is 12.6. The average Bonchev–Trinajstić information content (AvgIpc) is 3.13. The Morgan fingerprint density at radius 1 is 1.26 bits per heavy atom. The molecule has 3 aromatic rings. The lowest BCUT2D eigenvalue weighted by Gasteiger charge is -2.09. The van der Waals surface area contributed by atoms with Crippen LogP contribution < -0.4 is 10.6 Å². The molecule has 1 amide bonds. The quantitative estimate of drug-likeness (QED) is 0.500. The number of anilines is 3. The molecular weight excluding hydrogens is 446 g/mol. The molecule has 13 heteroatoms. The van der Waals surface area contributed by atoms with Gasteiger partial charge >= 0.3 is 6.18 Å². The number of thiophene rings is 1. The zero-order valence-corrected chi connectivity index (χ0v) is 16.3. The van der Waals surface area contributed by atoms with E-state index in [9.17, 15) is 18.0 Å². The Balaban J connectivity index is 1.77. The molecule has 0 saturated carbocycles. The van der Waals surface area contributed by atoms with Crippen molar-refractivity contribution in [3.05, 3.63) is 43.4 Å². The smallest absolute Gasteiger partial charge is 0.319 e. The number of aryl methyl sites for hydroxylation is 1. The summed E-state index contributed by atoms with van der Waals surface area (Å²) in [6, 6.07) is 1.47. The molecule has 0 aliphatic rings. The highest BCUT2D eigenvalue weighted by Crippen LogP contribution is 2.43. The number of carbonyl (C=O) groups is 1. The Morgan fingerprint density at radius 2 is 2.00 bits per heavy atom. The number of rotatable bonds is 4. The molecule has 2 N–H and O–H groups in total. The van der Waals surface area contributed by atoms with Crippen LogP contribution in [0.1, 0.15) is 21.1 Å². The number of thiazole rings is 1. The molecule has 3 rings (SSSR count). The van der Waals surface area contributed by atoms with Crippen LogP contribution in [0.5, 0.6) is 0 Å². The third kappa shape index (κ3) is 4.67. The van der Waals surface area contributed by atoms with Gasteiger partial charge in [-0.2, -0.15) is 13.2 Å². The lowest BCUT2D eigenvalue weighted by Crippen LogP contribution is -2.14. The van der Waals surface area contributed by atoms with Crippen LogP contribution in [-0.4, -0.2) is 20.9 Å². The first-order valence-electron chi connectivity index (χ1n) is 7.03. The van der Waals surface area contributed by atoms with Crippen LogP contribution in [0.15, 0.2) is 17.6 Å². The number of carbonyl (C=O) groups excluding carboxylic acids is 1. The molecule has 6 nitrogen and oxygen atoms in total. The number of nitrogens with one attached hydrogen (secondary N) is 2. The summed E-state index contributed by atoms with van der Waals surface area (Å²) in [4.78, 5) is 24.4. The fourth-order valence-electron chi connectivity index (χ4n) is 1.98. The molecule has 0 atom stereocenters. The standard InChI is InChI=1S/C14H8Cl2F3N5OS2/c1-5-21-8(15)2-9(22-5)23-13-20-3-7(27-13)12(25)24-10-6(14(17,18)19)4-26-11(10)16/h2-4H,1H3,(H,24,25)(H,20,21,22,23). The molecule has 3 aromatic heterocycles. The Kier molecular flexibility index (Phi) is 5.56. The summed E-state index contributed by atoms with van der Waals surface area (Å²) >= 11 is 13.2. The van der Waals surface area contributed by atoms with Crippen LogP contribution in [0.4, 0.5) is 29.8 Å². The summed E-state index contributed by atoms with van der Waals surface area (Å²) in [6.45, 7) is 1.65. The van der Waals surface area contributed by atoms with E-state index in [0.717, 1.165) is 16.7 Å². The summed E-state index contributed by atoms with van der Waals surface area (Å²) in [5, 5.41) is 6.43. The number of nitrogens with zero attached hydrogens (tertiary/aromatic N) is 3. The summed E-state index contributed by atoms with van der Waals surface area (Å²) in [6.07, 6.45) is -3.40. The summed E-state index contributed by atoms with van der Waals surface area (Å²) in [7, 11) is 0. The maximum atomic E-state index is 13.0. The van der Waals surface area contributed by atoms with Gasteiger partial charge in [-0.3, -0.25) is 4.79 Å². The highest BCUT2D eigenvalue weighted by molar-refractivity contribution is 7.17. The second-order valence-electron chi connectivity index (χ2n) is 5.03. The third-order valence-electron chi connectivity index (χ3n) is 3.06. The Bertz CT molecular complexity index is 985. The normalized spacial score (nSPS) is 11.5. The Hall–Kier alpha value is -1.95. The molecule has 0 aliphatic heterocycles. The molecule has 3 heterocycles. The van der Waals surface area contributed by atoms with E-state index in [2.05, 4.69) is 25.6 Å². The maximum absolute atomic E-state index is 13.0. The molecule has 0 radical (unpaired) electrons. The molecule has 142 valence electrons. The maximum Gasteiger partial charge on any atom is 0.419 e. The van der Waals surface area contributed by atoms with Gasteiger partial charge in [0.1, 0.15) is 26.0 Å². The first kappa shape index (κ1) is 19.8. The van der Waals surface area contributed by atoms with Gasteiger partial charge in [0.25, 0.3) is 5.91 Å². The highest BCUT2D eigenvalue weighted by atomic mass is 35.5. The predicted octanol–water partition coefficient (Wildman–Crippen LogP) is 5.62. The van der Waals surface area contributed by atoms with Crippen LogP contribution in [0, 0.1) is 6.92 Å². The number of halogens is 5. The average molecular weight is 454 g/mol. The van der Waals surface area contributed by atoms with Crippen molar-refractivity contribution in [1.29, 1.82) is 0 Å². The molecule has 0 saturated heterocycles. The Labute approximate surface area is 168 Å². The van der Waals surface area contributed by atoms with Crippen molar-refractivity contribution in [2.45, 2.75) is 13.1 Å². The molecule has 27 heavy (non-hydrogen) atoms. The van der Waals surface area contributed by atoms with E-state index in [-0.39, 0.29) is 14.4 Å². The monoisotopic (exact) mass is 453 g/mol. The van der Waals surface area contributed by atoms with Crippen LogP contribution in [0.3, 0.4) is 0 Å². The van der Waals surface area contributed by atoms with Crippen molar-refractivity contribution in [2.75, 3.05) is 10.6 Å². The lowest BCUT2D eigenvalue weighted by molar-refractivity contribution is -0.136. The zero-order chi connectivity index (χ0) is 19.8. The Morgan fingerprint density at radius 3 is 2.67 bits per heavy atom. The van der Waals surface area contributed by atoms with Crippen molar-refractivity contribution in [1.82, 2.24) is 15.0 Å². The SMILES string of the molecule is Cc1nc(Cl)cc(Nc2ncc(C(=O)Nc3c(C(F)(F)F)csc3Cl)s2)n1. The molecule has 0 aromatic carbocycles. The van der Waals surface area contributed by atoms with Crippen LogP contribution in [0.25, 0.3) is 0 Å². The highest BCUT2D eigenvalue weighted by Gasteiger charge is 2.36. The minimum atomic E-state index is -4.63.